The Bertz CT molecular complexity index is 404. The van der Waals surface area contributed by atoms with Crippen LogP contribution in [0.5, 0.6) is 0 Å². The molecule has 1 heterocycles. The average molecular weight is 292 g/mol. The highest BCUT2D eigenvalue weighted by atomic mass is 32.2. The Morgan fingerprint density at radius 3 is 2.65 bits per heavy atom. The van der Waals surface area contributed by atoms with E-state index in [-0.39, 0.29) is 11.9 Å². The van der Waals surface area contributed by atoms with Gasteiger partial charge < -0.3 is 10.2 Å². The first-order chi connectivity index (χ1) is 9.77. The number of carbonyl (C=O) groups is 1. The van der Waals surface area contributed by atoms with Gasteiger partial charge in [-0.2, -0.15) is 0 Å². The minimum Gasteiger partial charge on any atom is -0.341 e. The van der Waals surface area contributed by atoms with Gasteiger partial charge in [-0.3, -0.25) is 4.79 Å². The van der Waals surface area contributed by atoms with Crippen LogP contribution in [0.4, 0.5) is 0 Å². The first-order valence-corrected chi connectivity index (χ1v) is 8.46. The standard InChI is InChI=1S/C16H24N2OS/c1-14(16(19)18-11-6-3-7-12-18)17-10-13-20-15-8-4-2-5-9-15/h2,4-5,8-9,14,17H,3,6-7,10-13H2,1H3. The molecule has 0 saturated carbocycles. The maximum Gasteiger partial charge on any atom is 0.239 e. The largest absolute Gasteiger partial charge is 0.341 e. The van der Waals surface area contributed by atoms with Gasteiger partial charge in [-0.05, 0) is 38.3 Å². The Labute approximate surface area is 126 Å². The molecule has 0 bridgehead atoms. The van der Waals surface area contributed by atoms with Crippen LogP contribution in [0, 0.1) is 0 Å². The number of likely N-dealkylation sites (tertiary alicyclic amines) is 1. The molecule has 1 aromatic rings. The third-order valence-corrected chi connectivity index (χ3v) is 4.62. The van der Waals surface area contributed by atoms with Crippen molar-refractivity contribution >= 4 is 17.7 Å². The zero-order valence-corrected chi connectivity index (χ0v) is 13.0. The highest BCUT2D eigenvalue weighted by Crippen LogP contribution is 2.16. The smallest absolute Gasteiger partial charge is 0.239 e. The summed E-state index contributed by atoms with van der Waals surface area (Å²) in [6, 6.07) is 10.3. The number of carbonyl (C=O) groups excluding carboxylic acids is 1. The third kappa shape index (κ3) is 4.84. The lowest BCUT2D eigenvalue weighted by Crippen LogP contribution is -2.47. The molecule has 4 heteroatoms. The number of benzene rings is 1. The zero-order valence-electron chi connectivity index (χ0n) is 12.2. The number of nitrogens with one attached hydrogen (secondary N) is 1. The highest BCUT2D eigenvalue weighted by Gasteiger charge is 2.21. The van der Waals surface area contributed by atoms with Gasteiger partial charge in [-0.1, -0.05) is 18.2 Å². The minimum absolute atomic E-state index is 0.0653. The van der Waals surface area contributed by atoms with E-state index in [1.54, 1.807) is 0 Å². The van der Waals surface area contributed by atoms with Crippen LogP contribution in [-0.4, -0.2) is 42.2 Å². The summed E-state index contributed by atoms with van der Waals surface area (Å²) in [6.45, 7) is 4.71. The summed E-state index contributed by atoms with van der Waals surface area (Å²) in [5.74, 6) is 1.25. The topological polar surface area (TPSA) is 32.3 Å². The summed E-state index contributed by atoms with van der Waals surface area (Å²) in [5, 5.41) is 3.34. The van der Waals surface area contributed by atoms with Gasteiger partial charge in [0.25, 0.3) is 0 Å². The van der Waals surface area contributed by atoms with E-state index in [1.807, 2.05) is 29.7 Å². The summed E-state index contributed by atoms with van der Waals surface area (Å²) < 4.78 is 0. The number of piperidine rings is 1. The molecular weight excluding hydrogens is 268 g/mol. The van der Waals surface area contributed by atoms with Crippen molar-refractivity contribution in [3.8, 4) is 0 Å². The number of hydrogen-bond donors (Lipinski definition) is 1. The van der Waals surface area contributed by atoms with E-state index >= 15 is 0 Å². The molecule has 0 aliphatic carbocycles. The Kier molecular flexibility index (Phi) is 6.40. The van der Waals surface area contributed by atoms with Gasteiger partial charge in [0, 0.05) is 30.3 Å². The van der Waals surface area contributed by atoms with E-state index in [2.05, 4.69) is 29.6 Å². The Balaban J connectivity index is 1.64. The lowest BCUT2D eigenvalue weighted by Gasteiger charge is -2.29. The van der Waals surface area contributed by atoms with Crippen LogP contribution < -0.4 is 5.32 Å². The van der Waals surface area contributed by atoms with Gasteiger partial charge in [0.05, 0.1) is 6.04 Å². The van der Waals surface area contributed by atoms with Crippen molar-refractivity contribution in [3.63, 3.8) is 0 Å². The van der Waals surface area contributed by atoms with E-state index in [0.717, 1.165) is 38.2 Å². The predicted molar refractivity (Wildman–Crippen MR) is 85.1 cm³/mol. The van der Waals surface area contributed by atoms with E-state index in [4.69, 9.17) is 0 Å². The molecule has 3 nitrogen and oxygen atoms in total. The van der Waals surface area contributed by atoms with E-state index in [9.17, 15) is 4.79 Å². The maximum absolute atomic E-state index is 12.2. The normalized spacial score (nSPS) is 16.9. The van der Waals surface area contributed by atoms with Gasteiger partial charge in [-0.15, -0.1) is 11.8 Å². The van der Waals surface area contributed by atoms with Crippen LogP contribution in [0.1, 0.15) is 26.2 Å². The monoisotopic (exact) mass is 292 g/mol. The lowest BCUT2D eigenvalue weighted by molar-refractivity contribution is -0.133. The number of thioether (sulfide) groups is 1. The lowest BCUT2D eigenvalue weighted by atomic mass is 10.1. The van der Waals surface area contributed by atoms with Gasteiger partial charge in [0.15, 0.2) is 0 Å². The van der Waals surface area contributed by atoms with Gasteiger partial charge in [-0.25, -0.2) is 0 Å². The Morgan fingerprint density at radius 2 is 1.95 bits per heavy atom. The Morgan fingerprint density at radius 1 is 1.25 bits per heavy atom. The average Bonchev–Trinajstić information content (AvgIpc) is 2.52. The molecular formula is C16H24N2OS. The first-order valence-electron chi connectivity index (χ1n) is 7.47. The number of hydrogen-bond acceptors (Lipinski definition) is 3. The van der Waals surface area contributed by atoms with Crippen molar-refractivity contribution in [1.29, 1.82) is 0 Å². The van der Waals surface area contributed by atoms with Crippen molar-refractivity contribution in [1.82, 2.24) is 10.2 Å². The van der Waals surface area contributed by atoms with Gasteiger partial charge >= 0.3 is 0 Å². The molecule has 1 N–H and O–H groups in total. The summed E-state index contributed by atoms with van der Waals surface area (Å²) in [4.78, 5) is 15.5. The van der Waals surface area contributed by atoms with Crippen molar-refractivity contribution < 1.29 is 4.79 Å². The fraction of sp³-hybridized carbons (Fsp3) is 0.562. The Hall–Kier alpha value is -1.00. The molecule has 1 aromatic carbocycles. The van der Waals surface area contributed by atoms with Crippen molar-refractivity contribution in [2.24, 2.45) is 0 Å². The molecule has 1 aliphatic rings. The molecule has 1 aliphatic heterocycles. The quantitative estimate of drug-likeness (QED) is 0.646. The van der Waals surface area contributed by atoms with Crippen LogP contribution in [0.15, 0.2) is 35.2 Å². The van der Waals surface area contributed by atoms with E-state index in [0.29, 0.717) is 0 Å². The molecule has 0 aromatic heterocycles. The first kappa shape index (κ1) is 15.4. The number of rotatable bonds is 6. The van der Waals surface area contributed by atoms with E-state index in [1.165, 1.54) is 11.3 Å². The molecule has 1 atom stereocenters. The van der Waals surface area contributed by atoms with Crippen LogP contribution in [0.3, 0.4) is 0 Å². The molecule has 2 rings (SSSR count). The predicted octanol–water partition coefficient (Wildman–Crippen LogP) is 2.77. The number of amides is 1. The molecule has 20 heavy (non-hydrogen) atoms. The minimum atomic E-state index is -0.0653. The van der Waals surface area contributed by atoms with Gasteiger partial charge in [0.2, 0.25) is 5.91 Å². The number of nitrogens with zero attached hydrogens (tertiary/aromatic N) is 1. The third-order valence-electron chi connectivity index (χ3n) is 3.60. The molecule has 1 saturated heterocycles. The van der Waals surface area contributed by atoms with Crippen LogP contribution in [-0.2, 0) is 4.79 Å². The molecule has 1 unspecified atom stereocenters. The zero-order chi connectivity index (χ0) is 14.2. The SMILES string of the molecule is CC(NCCSc1ccccc1)C(=O)N1CCCCC1. The molecule has 110 valence electrons. The van der Waals surface area contributed by atoms with Crippen LogP contribution in [0.25, 0.3) is 0 Å². The molecule has 1 amide bonds. The summed E-state index contributed by atoms with van der Waals surface area (Å²) in [6.07, 6.45) is 3.57. The molecule has 0 spiro atoms. The van der Waals surface area contributed by atoms with Crippen molar-refractivity contribution in [2.75, 3.05) is 25.4 Å². The second-order valence-electron chi connectivity index (χ2n) is 5.22. The van der Waals surface area contributed by atoms with Crippen LogP contribution in [0.2, 0.25) is 0 Å². The summed E-state index contributed by atoms with van der Waals surface area (Å²) >= 11 is 1.82. The van der Waals surface area contributed by atoms with Crippen molar-refractivity contribution in [3.05, 3.63) is 30.3 Å². The van der Waals surface area contributed by atoms with E-state index < -0.39 is 0 Å². The van der Waals surface area contributed by atoms with Crippen molar-refractivity contribution in [2.45, 2.75) is 37.1 Å². The highest BCUT2D eigenvalue weighted by molar-refractivity contribution is 7.99. The fourth-order valence-corrected chi connectivity index (χ4v) is 3.24. The van der Waals surface area contributed by atoms with Crippen LogP contribution >= 0.6 is 11.8 Å². The second kappa shape index (κ2) is 8.32. The molecule has 0 radical (unpaired) electrons. The fourth-order valence-electron chi connectivity index (χ4n) is 2.44. The summed E-state index contributed by atoms with van der Waals surface area (Å²) in [7, 11) is 0. The molecule has 1 fully saturated rings. The van der Waals surface area contributed by atoms with Gasteiger partial charge in [0.1, 0.15) is 0 Å². The second-order valence-corrected chi connectivity index (χ2v) is 6.39. The maximum atomic E-state index is 12.2. The summed E-state index contributed by atoms with van der Waals surface area (Å²) in [5.41, 5.74) is 0.